The number of primary amides is 1. The van der Waals surface area contributed by atoms with Gasteiger partial charge >= 0.3 is 0 Å². The summed E-state index contributed by atoms with van der Waals surface area (Å²) in [5.41, 5.74) is 13.6. The van der Waals surface area contributed by atoms with Crippen LogP contribution in [0, 0.1) is 6.92 Å². The Kier molecular flexibility index (Phi) is 4.28. The van der Waals surface area contributed by atoms with Crippen molar-refractivity contribution in [3.63, 3.8) is 0 Å². The lowest BCUT2D eigenvalue weighted by molar-refractivity contribution is 0.0998. The molecular weight excluding hydrogens is 334 g/mol. The number of nitrogens with two attached hydrogens (primary N) is 2. The first-order valence-corrected chi connectivity index (χ1v) is 6.94. The summed E-state index contributed by atoms with van der Waals surface area (Å²) in [6, 6.07) is 9.88. The van der Waals surface area contributed by atoms with E-state index in [0.29, 0.717) is 22.5 Å². The molecule has 0 aliphatic carbocycles. The average molecular weight is 348 g/mol. The lowest BCUT2D eigenvalue weighted by Crippen LogP contribution is -2.16. The van der Waals surface area contributed by atoms with E-state index >= 15 is 0 Å². The fraction of sp³-hybridized carbons (Fsp3) is 0.0667. The van der Waals surface area contributed by atoms with Crippen LogP contribution >= 0.6 is 15.9 Å². The van der Waals surface area contributed by atoms with Crippen LogP contribution in [-0.2, 0) is 0 Å². The first-order chi connectivity index (χ1) is 9.88. The van der Waals surface area contributed by atoms with Crippen molar-refractivity contribution in [3.8, 4) is 0 Å². The smallest absolute Gasteiger partial charge is 0.257 e. The molecule has 2 rings (SSSR count). The Hall–Kier alpha value is -2.34. The van der Waals surface area contributed by atoms with Gasteiger partial charge < -0.3 is 16.8 Å². The Balaban J connectivity index is 2.25. The number of carbonyl (C=O) groups excluding carboxylic acids is 2. The number of hydrogen-bond donors (Lipinski definition) is 3. The quantitative estimate of drug-likeness (QED) is 0.744. The van der Waals surface area contributed by atoms with Gasteiger partial charge in [-0.1, -0.05) is 15.9 Å². The maximum Gasteiger partial charge on any atom is 0.257 e. The molecule has 0 aromatic heterocycles. The van der Waals surface area contributed by atoms with Gasteiger partial charge in [-0.05, 0) is 48.9 Å². The summed E-state index contributed by atoms with van der Waals surface area (Å²) in [7, 11) is 0. The van der Waals surface area contributed by atoms with E-state index < -0.39 is 5.91 Å². The van der Waals surface area contributed by atoms with E-state index in [1.165, 1.54) is 0 Å². The van der Waals surface area contributed by atoms with Crippen molar-refractivity contribution in [2.24, 2.45) is 5.73 Å². The molecule has 0 spiro atoms. The highest BCUT2D eigenvalue weighted by Gasteiger charge is 2.12. The van der Waals surface area contributed by atoms with Crippen LogP contribution in [0.2, 0.25) is 0 Å². The number of hydrogen-bond acceptors (Lipinski definition) is 3. The number of halogens is 1. The number of benzene rings is 2. The monoisotopic (exact) mass is 347 g/mol. The molecule has 2 aromatic rings. The fourth-order valence-electron chi connectivity index (χ4n) is 1.89. The summed E-state index contributed by atoms with van der Waals surface area (Å²) >= 11 is 3.29. The minimum Gasteiger partial charge on any atom is -0.398 e. The van der Waals surface area contributed by atoms with E-state index in [-0.39, 0.29) is 5.91 Å². The zero-order chi connectivity index (χ0) is 15.6. The summed E-state index contributed by atoms with van der Waals surface area (Å²) in [6.07, 6.45) is 0. The van der Waals surface area contributed by atoms with E-state index in [4.69, 9.17) is 11.5 Å². The van der Waals surface area contributed by atoms with Crippen LogP contribution in [0.15, 0.2) is 40.9 Å². The van der Waals surface area contributed by atoms with Crippen LogP contribution in [0.25, 0.3) is 0 Å². The van der Waals surface area contributed by atoms with Gasteiger partial charge in [0.05, 0.1) is 5.56 Å². The Labute approximate surface area is 130 Å². The molecule has 0 saturated heterocycles. The summed E-state index contributed by atoms with van der Waals surface area (Å²) < 4.78 is 0.804. The Morgan fingerprint density at radius 2 is 1.86 bits per heavy atom. The largest absolute Gasteiger partial charge is 0.398 e. The van der Waals surface area contributed by atoms with E-state index in [1.54, 1.807) is 43.3 Å². The molecule has 0 bridgehead atoms. The van der Waals surface area contributed by atoms with Crippen LogP contribution in [0.4, 0.5) is 11.4 Å². The summed E-state index contributed by atoms with van der Waals surface area (Å²) in [6.45, 7) is 1.78. The Bertz CT molecular complexity index is 729. The minimum absolute atomic E-state index is 0.310. The van der Waals surface area contributed by atoms with E-state index in [2.05, 4.69) is 21.2 Å². The first-order valence-electron chi connectivity index (χ1n) is 6.15. The van der Waals surface area contributed by atoms with Gasteiger partial charge in [0, 0.05) is 21.4 Å². The van der Waals surface area contributed by atoms with Gasteiger partial charge in [-0.25, -0.2) is 0 Å². The third kappa shape index (κ3) is 3.41. The lowest BCUT2D eigenvalue weighted by atomic mass is 10.1. The zero-order valence-electron chi connectivity index (χ0n) is 11.3. The first kappa shape index (κ1) is 15.1. The predicted octanol–water partition coefficient (Wildman–Crippen LogP) is 2.69. The molecule has 0 aliphatic rings. The molecule has 0 heterocycles. The lowest BCUT2D eigenvalue weighted by Gasteiger charge is -2.11. The van der Waals surface area contributed by atoms with E-state index in [9.17, 15) is 9.59 Å². The third-order valence-corrected chi connectivity index (χ3v) is 3.51. The van der Waals surface area contributed by atoms with Crippen LogP contribution < -0.4 is 16.8 Å². The predicted molar refractivity (Wildman–Crippen MR) is 86.2 cm³/mol. The Morgan fingerprint density at radius 1 is 1.14 bits per heavy atom. The number of aryl methyl sites for hydroxylation is 1. The van der Waals surface area contributed by atoms with Crippen molar-refractivity contribution in [3.05, 3.63) is 57.6 Å². The average Bonchev–Trinajstić information content (AvgIpc) is 2.40. The number of carbonyl (C=O) groups is 2. The molecule has 2 amide bonds. The normalized spacial score (nSPS) is 10.2. The maximum absolute atomic E-state index is 12.2. The molecule has 0 atom stereocenters. The molecule has 108 valence electrons. The second-order valence-corrected chi connectivity index (χ2v) is 5.50. The highest BCUT2D eigenvalue weighted by molar-refractivity contribution is 9.10. The zero-order valence-corrected chi connectivity index (χ0v) is 12.9. The van der Waals surface area contributed by atoms with Crippen LogP contribution in [0.1, 0.15) is 26.3 Å². The van der Waals surface area contributed by atoms with Gasteiger partial charge in [-0.3, -0.25) is 9.59 Å². The van der Waals surface area contributed by atoms with Crippen LogP contribution in [0.5, 0.6) is 0 Å². The summed E-state index contributed by atoms with van der Waals surface area (Å²) in [5.74, 6) is -0.817. The van der Waals surface area contributed by atoms with Gasteiger partial charge in [0.25, 0.3) is 5.91 Å². The molecule has 0 aliphatic heterocycles. The van der Waals surface area contributed by atoms with Gasteiger partial charge in [0.2, 0.25) is 5.91 Å². The second kappa shape index (κ2) is 5.97. The number of rotatable bonds is 3. The van der Waals surface area contributed by atoms with Gasteiger partial charge in [0.1, 0.15) is 0 Å². The second-order valence-electron chi connectivity index (χ2n) is 4.58. The van der Waals surface area contributed by atoms with Crippen molar-refractivity contribution >= 4 is 39.1 Å². The fourth-order valence-corrected chi connectivity index (χ4v) is 2.27. The molecule has 0 radical (unpaired) electrons. The maximum atomic E-state index is 12.2. The van der Waals surface area contributed by atoms with Crippen molar-refractivity contribution in [1.82, 2.24) is 0 Å². The van der Waals surface area contributed by atoms with Crippen molar-refractivity contribution in [2.75, 3.05) is 11.1 Å². The number of nitrogens with one attached hydrogen (secondary N) is 1. The number of anilines is 2. The summed E-state index contributed by atoms with van der Waals surface area (Å²) in [5, 5.41) is 2.77. The molecule has 0 unspecified atom stereocenters. The molecule has 0 fully saturated rings. The molecule has 5 N–H and O–H groups in total. The number of nitrogen functional groups attached to an aromatic ring is 1. The SMILES string of the molecule is Cc1cc(C(N)=O)ccc1NC(=O)c1ccc(Br)cc1N. The molecular formula is C15H14BrN3O2. The summed E-state index contributed by atoms with van der Waals surface area (Å²) in [4.78, 5) is 23.3. The molecule has 6 heteroatoms. The van der Waals surface area contributed by atoms with Crippen molar-refractivity contribution in [2.45, 2.75) is 6.92 Å². The van der Waals surface area contributed by atoms with Crippen molar-refractivity contribution < 1.29 is 9.59 Å². The van der Waals surface area contributed by atoms with E-state index in [1.807, 2.05) is 0 Å². The van der Waals surface area contributed by atoms with E-state index in [0.717, 1.165) is 10.0 Å². The highest BCUT2D eigenvalue weighted by atomic mass is 79.9. The molecule has 21 heavy (non-hydrogen) atoms. The molecule has 0 saturated carbocycles. The standard InChI is InChI=1S/C15H14BrN3O2/c1-8-6-9(14(18)20)2-5-13(8)19-15(21)11-4-3-10(16)7-12(11)17/h2-7H,17H2,1H3,(H2,18,20)(H,19,21). The van der Waals surface area contributed by atoms with Crippen LogP contribution in [0.3, 0.4) is 0 Å². The minimum atomic E-state index is -0.506. The van der Waals surface area contributed by atoms with Gasteiger partial charge in [-0.2, -0.15) is 0 Å². The van der Waals surface area contributed by atoms with Gasteiger partial charge in [-0.15, -0.1) is 0 Å². The van der Waals surface area contributed by atoms with Crippen LogP contribution in [-0.4, -0.2) is 11.8 Å². The molecule has 5 nitrogen and oxygen atoms in total. The van der Waals surface area contributed by atoms with Gasteiger partial charge in [0.15, 0.2) is 0 Å². The molecule has 2 aromatic carbocycles. The highest BCUT2D eigenvalue weighted by Crippen LogP contribution is 2.21. The van der Waals surface area contributed by atoms with Crippen molar-refractivity contribution in [1.29, 1.82) is 0 Å². The topological polar surface area (TPSA) is 98.2 Å². The Morgan fingerprint density at radius 3 is 2.43 bits per heavy atom. The third-order valence-electron chi connectivity index (χ3n) is 3.02. The number of amides is 2.